The van der Waals surface area contributed by atoms with Crippen molar-refractivity contribution in [1.29, 1.82) is 0 Å². The number of hydrogen-bond acceptors (Lipinski definition) is 4. The van der Waals surface area contributed by atoms with Crippen LogP contribution in [0.25, 0.3) is 0 Å². The molecule has 1 aromatic carbocycles. The third-order valence-electron chi connectivity index (χ3n) is 1.98. The Balaban J connectivity index is 2.59. The van der Waals surface area contributed by atoms with Crippen molar-refractivity contribution in [3.05, 3.63) is 30.3 Å². The normalized spacial score (nSPS) is 10.9. The summed E-state index contributed by atoms with van der Waals surface area (Å²) in [6.07, 6.45) is -0.678. The van der Waals surface area contributed by atoms with E-state index in [4.69, 9.17) is 4.74 Å². The van der Waals surface area contributed by atoms with E-state index in [-0.39, 0.29) is 4.75 Å². The molecule has 0 fully saturated rings. The zero-order valence-electron chi connectivity index (χ0n) is 11.0. The molecule has 0 unspecified atom stereocenters. The third-order valence-corrected chi connectivity index (χ3v) is 2.84. The van der Waals surface area contributed by atoms with E-state index in [2.05, 4.69) is 0 Å². The summed E-state index contributed by atoms with van der Waals surface area (Å²) in [5.74, 6) is 0. The van der Waals surface area contributed by atoms with E-state index in [9.17, 15) is 9.59 Å². The Bertz CT molecular complexity index is 426. The number of ether oxygens (including phenoxy) is 1. The molecule has 18 heavy (non-hydrogen) atoms. The van der Waals surface area contributed by atoms with Crippen LogP contribution in [0.3, 0.4) is 0 Å². The summed E-state index contributed by atoms with van der Waals surface area (Å²) in [5.41, 5.74) is 0.677. The Labute approximate surface area is 111 Å². The molecule has 0 atom stereocenters. The van der Waals surface area contributed by atoms with Gasteiger partial charge < -0.3 is 4.74 Å². The van der Waals surface area contributed by atoms with Crippen LogP contribution in [0.4, 0.5) is 15.3 Å². The molecule has 0 aliphatic rings. The van der Waals surface area contributed by atoms with E-state index in [1.165, 1.54) is 4.90 Å². The van der Waals surface area contributed by atoms with Gasteiger partial charge in [-0.25, -0.2) is 9.59 Å². The quantitative estimate of drug-likeness (QED) is 0.571. The van der Waals surface area contributed by atoms with E-state index in [1.807, 2.05) is 39.0 Å². The summed E-state index contributed by atoms with van der Waals surface area (Å²) in [4.78, 5) is 24.5. The second-order valence-electron chi connectivity index (χ2n) is 4.73. The molecule has 1 amide bonds. The first-order chi connectivity index (χ1) is 8.29. The average molecular weight is 267 g/mol. The van der Waals surface area contributed by atoms with Crippen molar-refractivity contribution >= 4 is 28.8 Å². The largest absolute Gasteiger partial charge is 0.422 e. The molecule has 0 N–H and O–H groups in total. The van der Waals surface area contributed by atoms with Gasteiger partial charge in [0.25, 0.3) is 0 Å². The SMILES string of the molecule is CN(C(=O)OC(=O)SC(C)(C)C)c1ccccc1. The molecule has 0 aliphatic heterocycles. The lowest BCUT2D eigenvalue weighted by molar-refractivity contribution is 0.173. The van der Waals surface area contributed by atoms with Gasteiger partial charge in [0.05, 0.1) is 0 Å². The Hall–Kier alpha value is -1.49. The molecular weight excluding hydrogens is 250 g/mol. The van der Waals surface area contributed by atoms with Gasteiger partial charge in [-0.3, -0.25) is 4.90 Å². The first kappa shape index (κ1) is 14.6. The van der Waals surface area contributed by atoms with Crippen LogP contribution in [0.15, 0.2) is 30.3 Å². The first-order valence-corrected chi connectivity index (χ1v) is 6.35. The van der Waals surface area contributed by atoms with Crippen molar-refractivity contribution in [2.24, 2.45) is 0 Å². The topological polar surface area (TPSA) is 46.6 Å². The average Bonchev–Trinajstić information content (AvgIpc) is 2.26. The summed E-state index contributed by atoms with van der Waals surface area (Å²) >= 11 is 0.989. The number of thioether (sulfide) groups is 1. The number of para-hydroxylation sites is 1. The van der Waals surface area contributed by atoms with Gasteiger partial charge in [-0.05, 0) is 23.9 Å². The molecule has 0 radical (unpaired) electrons. The molecule has 0 saturated heterocycles. The number of carbonyl (C=O) groups is 2. The maximum atomic E-state index is 11.7. The summed E-state index contributed by atoms with van der Waals surface area (Å²) in [6.45, 7) is 5.64. The van der Waals surface area contributed by atoms with Crippen LogP contribution in [0, 0.1) is 0 Å². The Morgan fingerprint density at radius 2 is 1.72 bits per heavy atom. The van der Waals surface area contributed by atoms with E-state index < -0.39 is 11.4 Å². The fourth-order valence-corrected chi connectivity index (χ4v) is 1.78. The summed E-state index contributed by atoms with van der Waals surface area (Å²) in [7, 11) is 1.56. The van der Waals surface area contributed by atoms with Crippen LogP contribution in [-0.4, -0.2) is 23.2 Å². The molecule has 1 rings (SSSR count). The molecule has 0 heterocycles. The van der Waals surface area contributed by atoms with Crippen LogP contribution in [0.1, 0.15) is 20.8 Å². The standard InChI is InChI=1S/C13H17NO3S/c1-13(2,3)18-12(16)17-11(15)14(4)10-8-6-5-7-9-10/h5-9H,1-4H3. The number of amides is 1. The van der Waals surface area contributed by atoms with E-state index in [0.717, 1.165) is 11.8 Å². The van der Waals surface area contributed by atoms with Crippen LogP contribution in [-0.2, 0) is 4.74 Å². The number of anilines is 1. The summed E-state index contributed by atoms with van der Waals surface area (Å²) in [6, 6.07) is 9.00. The van der Waals surface area contributed by atoms with Gasteiger partial charge in [-0.15, -0.1) is 0 Å². The molecule has 0 aliphatic carbocycles. The van der Waals surface area contributed by atoms with E-state index in [1.54, 1.807) is 19.2 Å². The lowest BCUT2D eigenvalue weighted by Gasteiger charge is -2.18. The highest BCUT2D eigenvalue weighted by Gasteiger charge is 2.22. The minimum atomic E-state index is -0.678. The van der Waals surface area contributed by atoms with Crippen molar-refractivity contribution < 1.29 is 14.3 Å². The highest BCUT2D eigenvalue weighted by Crippen LogP contribution is 2.25. The Morgan fingerprint density at radius 1 is 1.17 bits per heavy atom. The molecule has 0 spiro atoms. The molecule has 1 aromatic rings. The number of carbonyl (C=O) groups excluding carboxylic acids is 2. The molecule has 0 bridgehead atoms. The Kier molecular flexibility index (Phi) is 4.78. The molecule has 4 nitrogen and oxygen atoms in total. The van der Waals surface area contributed by atoms with Crippen LogP contribution in [0.5, 0.6) is 0 Å². The molecule has 0 saturated carbocycles. The zero-order chi connectivity index (χ0) is 13.8. The molecule has 0 aromatic heterocycles. The van der Waals surface area contributed by atoms with E-state index >= 15 is 0 Å². The maximum absolute atomic E-state index is 11.7. The fourth-order valence-electron chi connectivity index (χ4n) is 1.17. The minimum Gasteiger partial charge on any atom is -0.367 e. The lowest BCUT2D eigenvalue weighted by atomic mass is 10.3. The van der Waals surface area contributed by atoms with Gasteiger partial charge in [0.2, 0.25) is 0 Å². The third kappa shape index (κ3) is 4.79. The van der Waals surface area contributed by atoms with Crippen LogP contribution in [0.2, 0.25) is 0 Å². The van der Waals surface area contributed by atoms with Crippen LogP contribution < -0.4 is 4.90 Å². The van der Waals surface area contributed by atoms with Gasteiger partial charge in [0.15, 0.2) is 0 Å². The first-order valence-electron chi connectivity index (χ1n) is 5.53. The van der Waals surface area contributed by atoms with Crippen molar-refractivity contribution in [2.75, 3.05) is 11.9 Å². The second kappa shape index (κ2) is 5.91. The predicted molar refractivity (Wildman–Crippen MR) is 74.1 cm³/mol. The van der Waals surface area contributed by atoms with Crippen molar-refractivity contribution in [3.8, 4) is 0 Å². The summed E-state index contributed by atoms with van der Waals surface area (Å²) < 4.78 is 4.48. The smallest absolute Gasteiger partial charge is 0.367 e. The number of nitrogens with zero attached hydrogens (tertiary/aromatic N) is 1. The summed E-state index contributed by atoms with van der Waals surface area (Å²) in [5, 5.41) is -0.588. The number of benzene rings is 1. The zero-order valence-corrected chi connectivity index (χ0v) is 11.8. The molecule has 5 heteroatoms. The van der Waals surface area contributed by atoms with Gasteiger partial charge in [0.1, 0.15) is 0 Å². The van der Waals surface area contributed by atoms with Crippen LogP contribution >= 0.6 is 11.8 Å². The van der Waals surface area contributed by atoms with Gasteiger partial charge in [0, 0.05) is 17.5 Å². The Morgan fingerprint density at radius 3 is 2.22 bits per heavy atom. The second-order valence-corrected chi connectivity index (χ2v) is 6.49. The molecular formula is C13H17NO3S. The lowest BCUT2D eigenvalue weighted by Crippen LogP contribution is -2.29. The minimum absolute atomic E-state index is 0.275. The fraction of sp³-hybridized carbons (Fsp3) is 0.385. The number of hydrogen-bond donors (Lipinski definition) is 0. The van der Waals surface area contributed by atoms with Crippen molar-refractivity contribution in [3.63, 3.8) is 0 Å². The maximum Gasteiger partial charge on any atom is 0.422 e. The highest BCUT2D eigenvalue weighted by atomic mass is 32.2. The number of rotatable bonds is 1. The van der Waals surface area contributed by atoms with Crippen molar-refractivity contribution in [1.82, 2.24) is 0 Å². The van der Waals surface area contributed by atoms with Gasteiger partial charge in [-0.1, -0.05) is 39.0 Å². The van der Waals surface area contributed by atoms with Gasteiger partial charge in [-0.2, -0.15) is 0 Å². The molecule has 98 valence electrons. The van der Waals surface area contributed by atoms with E-state index in [0.29, 0.717) is 5.69 Å². The van der Waals surface area contributed by atoms with Crippen molar-refractivity contribution in [2.45, 2.75) is 25.5 Å². The predicted octanol–water partition coefficient (Wildman–Crippen LogP) is 3.91. The monoisotopic (exact) mass is 267 g/mol. The van der Waals surface area contributed by atoms with Gasteiger partial charge >= 0.3 is 11.4 Å². The highest BCUT2D eigenvalue weighted by molar-refractivity contribution is 8.14.